The van der Waals surface area contributed by atoms with Crippen LogP contribution in [0.5, 0.6) is 11.5 Å². The van der Waals surface area contributed by atoms with E-state index in [2.05, 4.69) is 29.4 Å². The molecule has 0 saturated heterocycles. The third-order valence-corrected chi connectivity index (χ3v) is 5.00. The molecule has 4 rings (SSSR count). The zero-order valence-corrected chi connectivity index (χ0v) is 18.8. The number of fused-ring (bicyclic) bond motifs is 1. The molecule has 0 aliphatic rings. The Morgan fingerprint density at radius 3 is 2.47 bits per heavy atom. The van der Waals surface area contributed by atoms with Crippen LogP contribution < -0.4 is 14.8 Å². The van der Waals surface area contributed by atoms with E-state index < -0.39 is 0 Å². The molecule has 0 fully saturated rings. The Labute approximate surface area is 190 Å². The van der Waals surface area contributed by atoms with Crippen LogP contribution in [0.4, 0.5) is 5.69 Å². The Bertz CT molecular complexity index is 1250. The van der Waals surface area contributed by atoms with E-state index in [0.29, 0.717) is 51.3 Å². The van der Waals surface area contributed by atoms with E-state index in [4.69, 9.17) is 21.1 Å². The normalized spacial score (nSPS) is 11.0. The summed E-state index contributed by atoms with van der Waals surface area (Å²) in [7, 11) is 1.56. The van der Waals surface area contributed by atoms with Crippen LogP contribution in [0.2, 0.25) is 5.02 Å². The highest BCUT2D eigenvalue weighted by atomic mass is 35.5. The Hall–Kier alpha value is -3.58. The summed E-state index contributed by atoms with van der Waals surface area (Å²) >= 11 is 6.21. The molecule has 1 amide bonds. The molecule has 0 saturated carbocycles. The summed E-state index contributed by atoms with van der Waals surface area (Å²) in [6.45, 7) is 4.81. The summed E-state index contributed by atoms with van der Waals surface area (Å²) in [6.07, 6.45) is 0. The first-order valence-corrected chi connectivity index (χ1v) is 10.6. The summed E-state index contributed by atoms with van der Waals surface area (Å²) in [5, 5.41) is 12.4. The predicted octanol–water partition coefficient (Wildman–Crippen LogP) is 5.37. The molecular formula is C24H23ClN4O3. The first-order valence-electron chi connectivity index (χ1n) is 10.2. The second-order valence-corrected chi connectivity index (χ2v) is 8.10. The Kier molecular flexibility index (Phi) is 6.28. The fraction of sp³-hybridized carbons (Fsp3) is 0.208. The zero-order valence-electron chi connectivity index (χ0n) is 18.0. The minimum atomic E-state index is -0.214. The van der Waals surface area contributed by atoms with Gasteiger partial charge >= 0.3 is 0 Å². The number of nitrogens with zero attached hydrogens (tertiary/aromatic N) is 3. The van der Waals surface area contributed by atoms with Gasteiger partial charge in [-0.2, -0.15) is 4.80 Å². The monoisotopic (exact) mass is 450 g/mol. The van der Waals surface area contributed by atoms with Crippen molar-refractivity contribution >= 4 is 34.2 Å². The van der Waals surface area contributed by atoms with Crippen LogP contribution in [0.3, 0.4) is 0 Å². The van der Waals surface area contributed by atoms with Crippen LogP contribution in [0, 0.1) is 5.92 Å². The van der Waals surface area contributed by atoms with Gasteiger partial charge in [-0.05, 0) is 66.6 Å². The first-order chi connectivity index (χ1) is 15.4. The van der Waals surface area contributed by atoms with Gasteiger partial charge in [-0.3, -0.25) is 4.79 Å². The number of rotatable bonds is 7. The maximum absolute atomic E-state index is 12.6. The van der Waals surface area contributed by atoms with Gasteiger partial charge in [0.1, 0.15) is 22.5 Å². The molecule has 1 heterocycles. The number of carbonyl (C=O) groups excluding carboxylic acids is 1. The van der Waals surface area contributed by atoms with Gasteiger partial charge in [0.25, 0.3) is 5.91 Å². The zero-order chi connectivity index (χ0) is 22.7. The van der Waals surface area contributed by atoms with E-state index in [-0.39, 0.29) is 5.91 Å². The van der Waals surface area contributed by atoms with Crippen LogP contribution in [0.15, 0.2) is 60.7 Å². The highest BCUT2D eigenvalue weighted by Crippen LogP contribution is 2.27. The van der Waals surface area contributed by atoms with Gasteiger partial charge < -0.3 is 14.8 Å². The van der Waals surface area contributed by atoms with Crippen molar-refractivity contribution in [2.45, 2.75) is 13.8 Å². The molecule has 0 spiro atoms. The molecule has 3 aromatic carbocycles. The van der Waals surface area contributed by atoms with Crippen molar-refractivity contribution < 1.29 is 14.3 Å². The van der Waals surface area contributed by atoms with E-state index in [1.54, 1.807) is 55.6 Å². The molecular weight excluding hydrogens is 428 g/mol. The van der Waals surface area contributed by atoms with Crippen molar-refractivity contribution in [1.82, 2.24) is 15.0 Å². The topological polar surface area (TPSA) is 78.3 Å². The lowest BCUT2D eigenvalue weighted by molar-refractivity contribution is 0.102. The number of carbonyl (C=O) groups is 1. The number of nitrogens with one attached hydrogen (secondary N) is 1. The SMILES string of the molecule is COc1ccc(-n2nc3ccc(NC(=O)c4ccc(OCC(C)C)cc4)cc3n2)cc1Cl. The maximum atomic E-state index is 12.6. The largest absolute Gasteiger partial charge is 0.495 e. The third kappa shape index (κ3) is 4.84. The number of amides is 1. The van der Waals surface area contributed by atoms with Gasteiger partial charge in [-0.1, -0.05) is 25.4 Å². The second kappa shape index (κ2) is 9.28. The van der Waals surface area contributed by atoms with Gasteiger partial charge in [0.15, 0.2) is 0 Å². The van der Waals surface area contributed by atoms with E-state index in [9.17, 15) is 4.79 Å². The molecule has 8 heteroatoms. The molecule has 4 aromatic rings. The quantitative estimate of drug-likeness (QED) is 0.409. The summed E-state index contributed by atoms with van der Waals surface area (Å²) < 4.78 is 10.8. The van der Waals surface area contributed by atoms with E-state index in [1.807, 2.05) is 12.1 Å². The standard InChI is InChI=1S/C24H23ClN4O3/c1-15(2)14-32-19-8-4-16(5-9-19)24(30)26-17-6-10-21-22(12-17)28-29(27-21)18-7-11-23(31-3)20(25)13-18/h4-13,15H,14H2,1-3H3,(H,26,30). The number of ether oxygens (including phenoxy) is 2. The fourth-order valence-electron chi connectivity index (χ4n) is 3.06. The van der Waals surface area contributed by atoms with Crippen molar-refractivity contribution in [3.63, 3.8) is 0 Å². The number of hydrogen-bond acceptors (Lipinski definition) is 5. The Morgan fingerprint density at radius 1 is 1.03 bits per heavy atom. The predicted molar refractivity (Wildman–Crippen MR) is 125 cm³/mol. The third-order valence-electron chi connectivity index (χ3n) is 4.70. The van der Waals surface area contributed by atoms with Gasteiger partial charge in [-0.25, -0.2) is 0 Å². The lowest BCUT2D eigenvalue weighted by atomic mass is 10.2. The summed E-state index contributed by atoms with van der Waals surface area (Å²) in [6, 6.07) is 17.8. The minimum absolute atomic E-state index is 0.214. The van der Waals surface area contributed by atoms with Crippen molar-refractivity contribution in [1.29, 1.82) is 0 Å². The molecule has 32 heavy (non-hydrogen) atoms. The van der Waals surface area contributed by atoms with Crippen LogP contribution in [0.1, 0.15) is 24.2 Å². The molecule has 0 aliphatic heterocycles. The number of methoxy groups -OCH3 is 1. The molecule has 0 aliphatic carbocycles. The molecule has 0 unspecified atom stereocenters. The number of halogens is 1. The van der Waals surface area contributed by atoms with Crippen LogP contribution in [0.25, 0.3) is 16.7 Å². The lowest BCUT2D eigenvalue weighted by Crippen LogP contribution is -2.12. The number of aromatic nitrogens is 3. The number of anilines is 1. The molecule has 0 atom stereocenters. The molecule has 0 bridgehead atoms. The highest BCUT2D eigenvalue weighted by Gasteiger charge is 2.11. The highest BCUT2D eigenvalue weighted by molar-refractivity contribution is 6.32. The fourth-order valence-corrected chi connectivity index (χ4v) is 3.31. The average molecular weight is 451 g/mol. The maximum Gasteiger partial charge on any atom is 0.255 e. The van der Waals surface area contributed by atoms with Crippen LogP contribution in [-0.2, 0) is 0 Å². The lowest BCUT2D eigenvalue weighted by Gasteiger charge is -2.09. The van der Waals surface area contributed by atoms with Gasteiger partial charge in [0, 0.05) is 11.3 Å². The van der Waals surface area contributed by atoms with Gasteiger partial charge in [-0.15, -0.1) is 10.2 Å². The smallest absolute Gasteiger partial charge is 0.255 e. The first kappa shape index (κ1) is 21.6. The van der Waals surface area contributed by atoms with E-state index >= 15 is 0 Å². The molecule has 7 nitrogen and oxygen atoms in total. The number of benzene rings is 3. The minimum Gasteiger partial charge on any atom is -0.495 e. The van der Waals surface area contributed by atoms with Crippen molar-refractivity contribution in [3.8, 4) is 17.2 Å². The number of hydrogen-bond donors (Lipinski definition) is 1. The molecule has 1 N–H and O–H groups in total. The summed E-state index contributed by atoms with van der Waals surface area (Å²) in [5.41, 5.74) is 3.21. The average Bonchev–Trinajstić information content (AvgIpc) is 3.21. The molecule has 164 valence electrons. The Balaban J connectivity index is 1.49. The van der Waals surface area contributed by atoms with Crippen molar-refractivity contribution in [2.75, 3.05) is 19.0 Å². The van der Waals surface area contributed by atoms with E-state index in [0.717, 1.165) is 5.75 Å². The second-order valence-electron chi connectivity index (χ2n) is 7.70. The van der Waals surface area contributed by atoms with Crippen LogP contribution in [-0.4, -0.2) is 34.6 Å². The van der Waals surface area contributed by atoms with Crippen LogP contribution >= 0.6 is 11.6 Å². The van der Waals surface area contributed by atoms with Crippen molar-refractivity contribution in [2.24, 2.45) is 5.92 Å². The molecule has 0 radical (unpaired) electrons. The molecule has 1 aromatic heterocycles. The van der Waals surface area contributed by atoms with Crippen molar-refractivity contribution in [3.05, 3.63) is 71.2 Å². The summed E-state index contributed by atoms with van der Waals surface area (Å²) in [5.74, 6) is 1.55. The Morgan fingerprint density at radius 2 is 1.78 bits per heavy atom. The van der Waals surface area contributed by atoms with Gasteiger partial charge in [0.05, 0.1) is 24.4 Å². The van der Waals surface area contributed by atoms with E-state index in [1.165, 1.54) is 4.80 Å². The summed E-state index contributed by atoms with van der Waals surface area (Å²) in [4.78, 5) is 14.1. The van der Waals surface area contributed by atoms with Gasteiger partial charge in [0.2, 0.25) is 0 Å².